The Kier molecular flexibility index (Phi) is 5.79. The smallest absolute Gasteiger partial charge is 0.320 e. The van der Waals surface area contributed by atoms with E-state index in [1.807, 2.05) is 4.90 Å². The van der Waals surface area contributed by atoms with E-state index in [0.29, 0.717) is 23.7 Å². The number of carbonyl (C=O) groups is 1. The van der Waals surface area contributed by atoms with E-state index in [1.54, 1.807) is 30.9 Å². The number of nitrogens with zero attached hydrogens (tertiary/aromatic N) is 2. The molecule has 1 N–H and O–H groups in total. The van der Waals surface area contributed by atoms with Gasteiger partial charge in [0.05, 0.1) is 4.90 Å². The molecule has 2 heterocycles. The fraction of sp³-hybridized carbons (Fsp3) is 0.611. The van der Waals surface area contributed by atoms with Crippen LogP contribution in [0.15, 0.2) is 17.0 Å². The SMILES string of the molecule is Cc1cc(S(=O)(=O)N[C@@H]2CCCN(C(=O)N3CCCC3)C2)c(C)cc1Cl. The van der Waals surface area contributed by atoms with Gasteiger partial charge in [-0.05, 0) is 62.8 Å². The summed E-state index contributed by atoms with van der Waals surface area (Å²) in [5.41, 5.74) is 1.35. The van der Waals surface area contributed by atoms with Crippen LogP contribution >= 0.6 is 11.6 Å². The lowest BCUT2D eigenvalue weighted by molar-refractivity contribution is 0.145. The van der Waals surface area contributed by atoms with Crippen molar-refractivity contribution < 1.29 is 13.2 Å². The number of hydrogen-bond acceptors (Lipinski definition) is 3. The Hall–Kier alpha value is -1.31. The molecule has 0 radical (unpaired) electrons. The van der Waals surface area contributed by atoms with E-state index in [2.05, 4.69) is 4.72 Å². The van der Waals surface area contributed by atoms with Crippen LogP contribution in [0.25, 0.3) is 0 Å². The van der Waals surface area contributed by atoms with E-state index in [9.17, 15) is 13.2 Å². The summed E-state index contributed by atoms with van der Waals surface area (Å²) in [6.07, 6.45) is 3.62. The number of urea groups is 1. The number of nitrogens with one attached hydrogen (secondary N) is 1. The van der Waals surface area contributed by atoms with Crippen LogP contribution in [-0.4, -0.2) is 56.5 Å². The molecule has 2 saturated heterocycles. The third-order valence-corrected chi connectivity index (χ3v) is 7.21. The van der Waals surface area contributed by atoms with Gasteiger partial charge in [0.25, 0.3) is 0 Å². The van der Waals surface area contributed by atoms with Gasteiger partial charge in [0, 0.05) is 37.2 Å². The molecule has 2 aliphatic heterocycles. The second-order valence-corrected chi connectivity index (χ2v) is 9.34. The first kappa shape index (κ1) is 19.5. The van der Waals surface area contributed by atoms with Gasteiger partial charge in [-0.25, -0.2) is 17.9 Å². The minimum atomic E-state index is -3.66. The van der Waals surface area contributed by atoms with Crippen molar-refractivity contribution in [3.63, 3.8) is 0 Å². The fourth-order valence-corrected chi connectivity index (χ4v) is 5.47. The average molecular weight is 400 g/mol. The van der Waals surface area contributed by atoms with E-state index in [0.717, 1.165) is 44.3 Å². The van der Waals surface area contributed by atoms with Gasteiger partial charge in [-0.1, -0.05) is 11.6 Å². The van der Waals surface area contributed by atoms with E-state index in [4.69, 9.17) is 11.6 Å². The van der Waals surface area contributed by atoms with Gasteiger partial charge in [0.15, 0.2) is 0 Å². The molecule has 6 nitrogen and oxygen atoms in total. The minimum absolute atomic E-state index is 0.0323. The third-order valence-electron chi connectivity index (χ3n) is 5.14. The highest BCUT2D eigenvalue weighted by Gasteiger charge is 2.31. The third kappa shape index (κ3) is 4.15. The van der Waals surface area contributed by atoms with Gasteiger partial charge >= 0.3 is 6.03 Å². The van der Waals surface area contributed by atoms with Gasteiger partial charge in [0.1, 0.15) is 0 Å². The summed E-state index contributed by atoms with van der Waals surface area (Å²) in [5, 5.41) is 0.557. The van der Waals surface area contributed by atoms with Crippen molar-refractivity contribution >= 4 is 27.7 Å². The van der Waals surface area contributed by atoms with Crippen molar-refractivity contribution in [3.05, 3.63) is 28.3 Å². The maximum atomic E-state index is 12.8. The van der Waals surface area contributed by atoms with E-state index in [1.165, 1.54) is 0 Å². The molecular weight excluding hydrogens is 374 g/mol. The molecule has 0 aromatic heterocycles. The molecular formula is C18H26ClN3O3S. The van der Waals surface area contributed by atoms with Crippen molar-refractivity contribution in [1.29, 1.82) is 0 Å². The molecule has 1 aromatic rings. The number of sulfonamides is 1. The number of amides is 2. The molecule has 2 aliphatic rings. The summed E-state index contributed by atoms with van der Waals surface area (Å²) in [6, 6.07) is 3.05. The second kappa shape index (κ2) is 7.74. The lowest BCUT2D eigenvalue weighted by atomic mass is 10.1. The van der Waals surface area contributed by atoms with Crippen molar-refractivity contribution in [2.45, 2.75) is 50.5 Å². The molecule has 0 aliphatic carbocycles. The number of likely N-dealkylation sites (tertiary alicyclic amines) is 2. The Morgan fingerprint density at radius 3 is 2.42 bits per heavy atom. The number of benzene rings is 1. The zero-order valence-corrected chi connectivity index (χ0v) is 16.9. The van der Waals surface area contributed by atoms with Crippen LogP contribution in [0, 0.1) is 13.8 Å². The molecule has 2 amide bonds. The van der Waals surface area contributed by atoms with Crippen LogP contribution in [0.3, 0.4) is 0 Å². The summed E-state index contributed by atoms with van der Waals surface area (Å²) >= 11 is 6.08. The summed E-state index contributed by atoms with van der Waals surface area (Å²) in [5.74, 6) is 0. The Balaban J connectivity index is 1.71. The van der Waals surface area contributed by atoms with Crippen LogP contribution in [0.1, 0.15) is 36.8 Å². The quantitative estimate of drug-likeness (QED) is 0.849. The zero-order chi connectivity index (χ0) is 18.9. The fourth-order valence-electron chi connectivity index (χ4n) is 3.68. The van der Waals surface area contributed by atoms with Crippen LogP contribution in [-0.2, 0) is 10.0 Å². The Labute approximate surface area is 160 Å². The molecule has 0 saturated carbocycles. The molecule has 2 fully saturated rings. The van der Waals surface area contributed by atoms with Crippen LogP contribution < -0.4 is 4.72 Å². The van der Waals surface area contributed by atoms with Crippen molar-refractivity contribution in [3.8, 4) is 0 Å². The summed E-state index contributed by atoms with van der Waals surface area (Å²) < 4.78 is 28.5. The summed E-state index contributed by atoms with van der Waals surface area (Å²) in [7, 11) is -3.66. The molecule has 0 unspecified atom stereocenters. The van der Waals surface area contributed by atoms with Gasteiger partial charge in [-0.2, -0.15) is 0 Å². The first-order valence-corrected chi connectivity index (χ1v) is 11.0. The van der Waals surface area contributed by atoms with Crippen molar-refractivity contribution in [1.82, 2.24) is 14.5 Å². The highest BCUT2D eigenvalue weighted by atomic mass is 35.5. The predicted molar refractivity (Wildman–Crippen MR) is 102 cm³/mol. The van der Waals surface area contributed by atoms with Crippen molar-refractivity contribution in [2.75, 3.05) is 26.2 Å². The van der Waals surface area contributed by atoms with Gasteiger partial charge in [-0.3, -0.25) is 0 Å². The second-order valence-electron chi connectivity index (χ2n) is 7.25. The minimum Gasteiger partial charge on any atom is -0.325 e. The Bertz CT molecular complexity index is 791. The van der Waals surface area contributed by atoms with E-state index in [-0.39, 0.29) is 17.0 Å². The highest BCUT2D eigenvalue weighted by Crippen LogP contribution is 2.25. The largest absolute Gasteiger partial charge is 0.325 e. The maximum absolute atomic E-state index is 12.8. The predicted octanol–water partition coefficient (Wildman–Crippen LogP) is 2.92. The van der Waals surface area contributed by atoms with Gasteiger partial charge in [-0.15, -0.1) is 0 Å². The number of halogens is 1. The number of piperidine rings is 1. The first-order valence-electron chi connectivity index (χ1n) is 9.11. The van der Waals surface area contributed by atoms with Crippen molar-refractivity contribution in [2.24, 2.45) is 0 Å². The van der Waals surface area contributed by atoms with Crippen LogP contribution in [0.5, 0.6) is 0 Å². The summed E-state index contributed by atoms with van der Waals surface area (Å²) in [6.45, 7) is 6.23. The molecule has 3 rings (SSSR count). The monoisotopic (exact) mass is 399 g/mol. The van der Waals surface area contributed by atoms with Crippen LogP contribution in [0.4, 0.5) is 4.79 Å². The lowest BCUT2D eigenvalue weighted by Crippen LogP contribution is -2.52. The number of hydrogen-bond donors (Lipinski definition) is 1. The normalized spacial score (nSPS) is 21.3. The molecule has 26 heavy (non-hydrogen) atoms. The molecule has 0 spiro atoms. The number of carbonyl (C=O) groups excluding carboxylic acids is 1. The first-order chi connectivity index (χ1) is 12.3. The van der Waals surface area contributed by atoms with Gasteiger partial charge in [0.2, 0.25) is 10.0 Å². The highest BCUT2D eigenvalue weighted by molar-refractivity contribution is 7.89. The Morgan fingerprint density at radius 1 is 1.08 bits per heavy atom. The molecule has 8 heteroatoms. The summed E-state index contributed by atoms with van der Waals surface area (Å²) in [4.78, 5) is 16.5. The van der Waals surface area contributed by atoms with Crippen LogP contribution in [0.2, 0.25) is 5.02 Å². The number of aryl methyl sites for hydroxylation is 2. The molecule has 0 bridgehead atoms. The standard InChI is InChI=1S/C18H26ClN3O3S/c1-13-11-17(14(2)10-16(13)19)26(24,25)20-15-6-5-9-22(12-15)18(23)21-7-3-4-8-21/h10-11,15,20H,3-9,12H2,1-2H3/t15-/m1/s1. The van der Waals surface area contributed by atoms with Gasteiger partial charge < -0.3 is 9.80 Å². The molecule has 1 atom stereocenters. The van der Waals surface area contributed by atoms with E-state index < -0.39 is 10.0 Å². The average Bonchev–Trinajstić information content (AvgIpc) is 3.11. The Morgan fingerprint density at radius 2 is 1.73 bits per heavy atom. The maximum Gasteiger partial charge on any atom is 0.320 e. The topological polar surface area (TPSA) is 69.7 Å². The van der Waals surface area contributed by atoms with E-state index >= 15 is 0 Å². The molecule has 1 aromatic carbocycles. The number of rotatable bonds is 3. The zero-order valence-electron chi connectivity index (χ0n) is 15.3. The lowest BCUT2D eigenvalue weighted by Gasteiger charge is -2.35. The molecule has 144 valence electrons.